The minimum Gasteiger partial charge on any atom is -0.373 e. The summed E-state index contributed by atoms with van der Waals surface area (Å²) in [4.78, 5) is 0. The molecule has 0 aromatic carbocycles. The molecule has 1 N–H and O–H groups in total. The molecule has 0 heterocycles. The zero-order chi connectivity index (χ0) is 15.5. The van der Waals surface area contributed by atoms with Crippen molar-refractivity contribution in [3.05, 3.63) is 0 Å². The first-order valence-corrected chi connectivity index (χ1v) is 10.8. The van der Waals surface area contributed by atoms with Gasteiger partial charge in [0.2, 0.25) is 0 Å². The third kappa shape index (κ3) is 9.84. The SMILES string of the molecule is CCCO[Si](CCCS(=O)(=O)O)(OCCC)OCCC. The number of hydrogen-bond donors (Lipinski definition) is 1. The number of rotatable bonds is 13. The molecule has 0 saturated heterocycles. The van der Waals surface area contributed by atoms with Gasteiger partial charge in [0, 0.05) is 25.9 Å². The van der Waals surface area contributed by atoms with E-state index in [4.69, 9.17) is 17.8 Å². The first kappa shape index (κ1) is 20.0. The summed E-state index contributed by atoms with van der Waals surface area (Å²) in [6.45, 7) is 7.59. The molecule has 20 heavy (non-hydrogen) atoms. The summed E-state index contributed by atoms with van der Waals surface area (Å²) in [7, 11) is -6.79. The summed E-state index contributed by atoms with van der Waals surface area (Å²) in [5.74, 6) is -0.289. The molecule has 6 nitrogen and oxygen atoms in total. The van der Waals surface area contributed by atoms with Gasteiger partial charge in [0.15, 0.2) is 0 Å². The highest BCUT2D eigenvalue weighted by atomic mass is 32.2. The molecule has 0 aliphatic rings. The van der Waals surface area contributed by atoms with Gasteiger partial charge >= 0.3 is 8.80 Å². The lowest BCUT2D eigenvalue weighted by Crippen LogP contribution is -2.46. The van der Waals surface area contributed by atoms with E-state index < -0.39 is 18.9 Å². The molecule has 0 atom stereocenters. The highest BCUT2D eigenvalue weighted by molar-refractivity contribution is 7.85. The van der Waals surface area contributed by atoms with Crippen molar-refractivity contribution >= 4 is 18.9 Å². The summed E-state index contributed by atoms with van der Waals surface area (Å²) in [5, 5.41) is 0. The van der Waals surface area contributed by atoms with Gasteiger partial charge in [0.25, 0.3) is 10.1 Å². The van der Waals surface area contributed by atoms with Crippen molar-refractivity contribution in [3.8, 4) is 0 Å². The first-order chi connectivity index (χ1) is 9.39. The fourth-order valence-corrected chi connectivity index (χ4v) is 5.19. The maximum atomic E-state index is 10.8. The van der Waals surface area contributed by atoms with E-state index in [1.807, 2.05) is 20.8 Å². The van der Waals surface area contributed by atoms with E-state index in [0.29, 0.717) is 25.9 Å². The molecule has 0 fully saturated rings. The van der Waals surface area contributed by atoms with E-state index in [2.05, 4.69) is 0 Å². The monoisotopic (exact) mass is 328 g/mol. The van der Waals surface area contributed by atoms with Crippen molar-refractivity contribution < 1.29 is 26.2 Å². The van der Waals surface area contributed by atoms with E-state index in [-0.39, 0.29) is 12.2 Å². The molecule has 0 radical (unpaired) electrons. The molecular weight excluding hydrogens is 300 g/mol. The second kappa shape index (κ2) is 10.7. The molecule has 0 aliphatic carbocycles. The lowest BCUT2D eigenvalue weighted by molar-refractivity contribution is 0.0591. The van der Waals surface area contributed by atoms with Crippen LogP contribution in [0.3, 0.4) is 0 Å². The van der Waals surface area contributed by atoms with E-state index in [9.17, 15) is 8.42 Å². The van der Waals surface area contributed by atoms with Gasteiger partial charge < -0.3 is 13.3 Å². The lowest BCUT2D eigenvalue weighted by Gasteiger charge is -2.29. The third-order valence-electron chi connectivity index (χ3n) is 2.46. The highest BCUT2D eigenvalue weighted by Gasteiger charge is 2.40. The van der Waals surface area contributed by atoms with Crippen LogP contribution in [0.5, 0.6) is 0 Å². The van der Waals surface area contributed by atoms with Crippen LogP contribution in [-0.4, -0.2) is 47.3 Å². The number of hydrogen-bond acceptors (Lipinski definition) is 5. The van der Waals surface area contributed by atoms with Crippen LogP contribution >= 0.6 is 0 Å². The molecule has 122 valence electrons. The van der Waals surface area contributed by atoms with Crippen molar-refractivity contribution in [2.75, 3.05) is 25.6 Å². The fraction of sp³-hybridized carbons (Fsp3) is 1.00. The molecule has 8 heteroatoms. The van der Waals surface area contributed by atoms with Gasteiger partial charge in [-0.05, 0) is 25.7 Å². The largest absolute Gasteiger partial charge is 0.500 e. The second-order valence-electron chi connectivity index (χ2n) is 4.62. The molecule has 0 aromatic rings. The van der Waals surface area contributed by atoms with Crippen LogP contribution in [0.4, 0.5) is 0 Å². The van der Waals surface area contributed by atoms with Crippen molar-refractivity contribution in [3.63, 3.8) is 0 Å². The molecule has 0 aliphatic heterocycles. The summed E-state index contributed by atoms with van der Waals surface area (Å²) < 4.78 is 47.9. The average Bonchev–Trinajstić information content (AvgIpc) is 2.38. The Balaban J connectivity index is 4.65. The Labute approximate surface area is 123 Å². The minimum atomic E-state index is -3.95. The van der Waals surface area contributed by atoms with Gasteiger partial charge in [-0.15, -0.1) is 0 Å². The van der Waals surface area contributed by atoms with Crippen LogP contribution in [0.1, 0.15) is 46.5 Å². The highest BCUT2D eigenvalue weighted by Crippen LogP contribution is 2.20. The molecule has 0 spiro atoms. The zero-order valence-corrected chi connectivity index (χ0v) is 14.6. The molecule has 0 rings (SSSR count). The quantitative estimate of drug-likeness (QED) is 0.413. The van der Waals surface area contributed by atoms with Gasteiger partial charge in [0.1, 0.15) is 0 Å². The minimum absolute atomic E-state index is 0.280. The Hall–Kier alpha value is 0.00688. The molecule has 0 unspecified atom stereocenters. The van der Waals surface area contributed by atoms with E-state index in [0.717, 1.165) is 19.3 Å². The van der Waals surface area contributed by atoms with E-state index in [1.54, 1.807) is 0 Å². The Kier molecular flexibility index (Phi) is 10.7. The fourth-order valence-electron chi connectivity index (χ4n) is 1.59. The Morgan fingerprint density at radius 2 is 1.30 bits per heavy atom. The second-order valence-corrected chi connectivity index (χ2v) is 8.92. The maximum Gasteiger partial charge on any atom is 0.500 e. The standard InChI is InChI=1S/C12H28O6SSi/c1-4-8-16-20(17-9-5-2,18-10-6-3)12-7-11-19(13,14)15/h4-12H2,1-3H3,(H,13,14,15). The topological polar surface area (TPSA) is 82.1 Å². The van der Waals surface area contributed by atoms with Crippen LogP contribution in [-0.2, 0) is 23.4 Å². The van der Waals surface area contributed by atoms with Crippen LogP contribution in [0, 0.1) is 0 Å². The van der Waals surface area contributed by atoms with Gasteiger partial charge in [-0.3, -0.25) is 4.55 Å². The van der Waals surface area contributed by atoms with Crippen molar-refractivity contribution in [1.82, 2.24) is 0 Å². The smallest absolute Gasteiger partial charge is 0.373 e. The molecule has 0 saturated carbocycles. The first-order valence-electron chi connectivity index (χ1n) is 7.26. The molecular formula is C12H28O6SSi. The average molecular weight is 329 g/mol. The Bertz CT molecular complexity index is 311. The molecule has 0 aromatic heterocycles. The van der Waals surface area contributed by atoms with Gasteiger partial charge in [-0.1, -0.05) is 20.8 Å². The predicted octanol–water partition coefficient (Wildman–Crippen LogP) is 2.48. The van der Waals surface area contributed by atoms with Crippen molar-refractivity contribution in [2.24, 2.45) is 0 Å². The van der Waals surface area contributed by atoms with Gasteiger partial charge in [-0.2, -0.15) is 8.42 Å². The van der Waals surface area contributed by atoms with Crippen LogP contribution in [0.25, 0.3) is 0 Å². The van der Waals surface area contributed by atoms with Crippen LogP contribution in [0.15, 0.2) is 0 Å². The van der Waals surface area contributed by atoms with Crippen LogP contribution in [0.2, 0.25) is 6.04 Å². The normalized spacial score (nSPS) is 12.8. The Morgan fingerprint density at radius 3 is 1.60 bits per heavy atom. The summed E-state index contributed by atoms with van der Waals surface area (Å²) in [5.41, 5.74) is 0. The lowest BCUT2D eigenvalue weighted by atomic mass is 10.5. The maximum absolute atomic E-state index is 10.8. The molecule has 0 bridgehead atoms. The third-order valence-corrected chi connectivity index (χ3v) is 6.17. The Morgan fingerprint density at radius 1 is 0.900 bits per heavy atom. The van der Waals surface area contributed by atoms with Crippen molar-refractivity contribution in [1.29, 1.82) is 0 Å². The predicted molar refractivity (Wildman–Crippen MR) is 80.3 cm³/mol. The van der Waals surface area contributed by atoms with E-state index >= 15 is 0 Å². The van der Waals surface area contributed by atoms with Crippen LogP contribution < -0.4 is 0 Å². The molecule has 0 amide bonds. The van der Waals surface area contributed by atoms with Gasteiger partial charge in [-0.25, -0.2) is 0 Å². The van der Waals surface area contributed by atoms with Gasteiger partial charge in [0.05, 0.1) is 5.75 Å². The summed E-state index contributed by atoms with van der Waals surface area (Å²) in [6, 6.07) is 0.410. The zero-order valence-electron chi connectivity index (χ0n) is 12.8. The summed E-state index contributed by atoms with van der Waals surface area (Å²) >= 11 is 0. The van der Waals surface area contributed by atoms with E-state index in [1.165, 1.54) is 0 Å². The summed E-state index contributed by atoms with van der Waals surface area (Å²) in [6.07, 6.45) is 2.82. The van der Waals surface area contributed by atoms with Crippen molar-refractivity contribution in [2.45, 2.75) is 52.5 Å².